The Morgan fingerprint density at radius 1 is 0.720 bits per heavy atom. The van der Waals surface area contributed by atoms with Gasteiger partial charge in [-0.1, -0.05) is 79.7 Å². The number of phenols is 1. The molecule has 3 aromatic rings. The third kappa shape index (κ3) is 4.90. The molecule has 25 heavy (non-hydrogen) atoms. The van der Waals surface area contributed by atoms with Crippen molar-refractivity contribution in [2.75, 3.05) is 5.75 Å². The average molecular weight is 349 g/mol. The van der Waals surface area contributed by atoms with Crippen molar-refractivity contribution in [2.45, 2.75) is 25.5 Å². The maximum absolute atomic E-state index is 10.9. The molecule has 0 aliphatic rings. The predicted octanol–water partition coefficient (Wildman–Crippen LogP) is 5.83. The molecule has 0 saturated heterocycles. The third-order valence-electron chi connectivity index (χ3n) is 4.28. The van der Waals surface area contributed by atoms with Gasteiger partial charge in [-0.15, -0.1) is 0 Å². The second-order valence-corrected chi connectivity index (χ2v) is 7.50. The van der Waals surface area contributed by atoms with Gasteiger partial charge in [-0.2, -0.15) is 11.8 Å². The van der Waals surface area contributed by atoms with Crippen molar-refractivity contribution in [3.63, 3.8) is 0 Å². The number of hydrogen-bond acceptors (Lipinski definition) is 2. The van der Waals surface area contributed by atoms with Crippen LogP contribution in [0.25, 0.3) is 0 Å². The normalized spacial score (nSPS) is 10.8. The highest BCUT2D eigenvalue weighted by Crippen LogP contribution is 2.30. The lowest BCUT2D eigenvalue weighted by Gasteiger charge is -2.14. The first-order chi connectivity index (χ1) is 12.3. The van der Waals surface area contributed by atoms with E-state index < -0.39 is 0 Å². The van der Waals surface area contributed by atoms with E-state index in [1.54, 1.807) is 0 Å². The minimum absolute atomic E-state index is 0.443. The van der Waals surface area contributed by atoms with Crippen molar-refractivity contribution in [1.82, 2.24) is 0 Å². The molecule has 0 bridgehead atoms. The molecular weight excluding hydrogens is 324 g/mol. The summed E-state index contributed by atoms with van der Waals surface area (Å²) < 4.78 is 0. The van der Waals surface area contributed by atoms with Gasteiger partial charge in [0.25, 0.3) is 0 Å². The van der Waals surface area contributed by atoms with Crippen LogP contribution in [0.4, 0.5) is 0 Å². The molecule has 3 rings (SSSR count). The molecule has 0 aromatic heterocycles. The van der Waals surface area contributed by atoms with E-state index >= 15 is 0 Å². The van der Waals surface area contributed by atoms with Gasteiger partial charge >= 0.3 is 0 Å². The van der Waals surface area contributed by atoms with Crippen LogP contribution in [0.5, 0.6) is 5.75 Å². The summed E-state index contributed by atoms with van der Waals surface area (Å²) in [5.74, 6) is 2.53. The number of rotatable bonds is 7. The van der Waals surface area contributed by atoms with Crippen LogP contribution < -0.4 is 0 Å². The lowest BCUT2D eigenvalue weighted by atomic mass is 9.95. The second-order valence-electron chi connectivity index (χ2n) is 6.22. The Bertz CT molecular complexity index is 734. The van der Waals surface area contributed by atoms with Gasteiger partial charge in [-0.05, 0) is 33.6 Å². The van der Waals surface area contributed by atoms with E-state index in [1.807, 2.05) is 48.2 Å². The largest absolute Gasteiger partial charge is 0.507 e. The quantitative estimate of drug-likeness (QED) is 0.580. The summed E-state index contributed by atoms with van der Waals surface area (Å²) in [7, 11) is 0. The van der Waals surface area contributed by atoms with Gasteiger partial charge in [0.2, 0.25) is 0 Å². The topological polar surface area (TPSA) is 20.2 Å². The molecule has 1 N–H and O–H groups in total. The lowest BCUT2D eigenvalue weighted by molar-refractivity contribution is 0.463. The Hall–Kier alpha value is -2.19. The van der Waals surface area contributed by atoms with E-state index in [0.29, 0.717) is 5.75 Å². The lowest BCUT2D eigenvalue weighted by Crippen LogP contribution is -1.98. The van der Waals surface area contributed by atoms with Gasteiger partial charge < -0.3 is 5.11 Å². The zero-order valence-electron chi connectivity index (χ0n) is 14.6. The Labute approximate surface area is 154 Å². The smallest absolute Gasteiger partial charge is 0.122 e. The number of benzene rings is 3. The van der Waals surface area contributed by atoms with Crippen molar-refractivity contribution in [2.24, 2.45) is 0 Å². The highest BCUT2D eigenvalue weighted by molar-refractivity contribution is 7.98. The van der Waals surface area contributed by atoms with Gasteiger partial charge in [-0.3, -0.25) is 0 Å². The van der Waals surface area contributed by atoms with Gasteiger partial charge in [-0.25, -0.2) is 0 Å². The fraction of sp³-hybridized carbons (Fsp3) is 0.217. The van der Waals surface area contributed by atoms with Crippen LogP contribution in [-0.4, -0.2) is 10.9 Å². The highest BCUT2D eigenvalue weighted by Gasteiger charge is 2.11. The van der Waals surface area contributed by atoms with Crippen molar-refractivity contribution < 1.29 is 5.11 Å². The van der Waals surface area contributed by atoms with Crippen molar-refractivity contribution in [3.8, 4) is 5.75 Å². The SMILES string of the molecule is CCSCc1cc(Cc2ccccc2)c(O)c(Cc2ccccc2)c1. The molecule has 128 valence electrons. The predicted molar refractivity (Wildman–Crippen MR) is 108 cm³/mol. The highest BCUT2D eigenvalue weighted by atomic mass is 32.2. The minimum Gasteiger partial charge on any atom is -0.507 e. The summed E-state index contributed by atoms with van der Waals surface area (Å²) in [4.78, 5) is 0. The molecule has 0 amide bonds. The average Bonchev–Trinajstić information content (AvgIpc) is 2.65. The molecule has 0 aliphatic heterocycles. The first-order valence-electron chi connectivity index (χ1n) is 8.75. The summed E-state index contributed by atoms with van der Waals surface area (Å²) in [6.45, 7) is 2.18. The van der Waals surface area contributed by atoms with Crippen LogP contribution in [0.1, 0.15) is 34.7 Å². The van der Waals surface area contributed by atoms with Crippen molar-refractivity contribution in [1.29, 1.82) is 0 Å². The monoisotopic (exact) mass is 348 g/mol. The van der Waals surface area contributed by atoms with E-state index in [4.69, 9.17) is 0 Å². The molecule has 1 nitrogen and oxygen atoms in total. The van der Waals surface area contributed by atoms with Crippen LogP contribution in [0, 0.1) is 0 Å². The minimum atomic E-state index is 0.443. The molecule has 0 unspecified atom stereocenters. The number of aromatic hydroxyl groups is 1. The van der Waals surface area contributed by atoms with Crippen LogP contribution >= 0.6 is 11.8 Å². The molecule has 3 aromatic carbocycles. The molecule has 0 radical (unpaired) electrons. The van der Waals surface area contributed by atoms with Crippen LogP contribution in [-0.2, 0) is 18.6 Å². The Morgan fingerprint density at radius 3 is 1.64 bits per heavy atom. The Kier molecular flexibility index (Phi) is 6.19. The van der Waals surface area contributed by atoms with Gasteiger partial charge in [0.05, 0.1) is 0 Å². The van der Waals surface area contributed by atoms with E-state index in [9.17, 15) is 5.11 Å². The standard InChI is InChI=1S/C23H24OS/c1-2-25-17-20-15-21(13-18-9-5-3-6-10-18)23(24)22(16-20)14-19-11-7-4-8-12-19/h3-12,15-16,24H,2,13-14,17H2,1H3. The first-order valence-corrected chi connectivity index (χ1v) is 9.91. The van der Waals surface area contributed by atoms with E-state index in [2.05, 4.69) is 43.3 Å². The van der Waals surface area contributed by atoms with Gasteiger partial charge in [0, 0.05) is 18.6 Å². The summed E-state index contributed by atoms with van der Waals surface area (Å²) in [6, 6.07) is 25.0. The van der Waals surface area contributed by atoms with Crippen LogP contribution in [0.2, 0.25) is 0 Å². The fourth-order valence-corrected chi connectivity index (χ4v) is 3.64. The van der Waals surface area contributed by atoms with E-state index in [1.165, 1.54) is 16.7 Å². The first kappa shape index (κ1) is 17.6. The zero-order chi connectivity index (χ0) is 17.5. The molecule has 2 heteroatoms. The molecule has 0 aliphatic carbocycles. The summed E-state index contributed by atoms with van der Waals surface area (Å²) in [5.41, 5.74) is 5.78. The fourth-order valence-electron chi connectivity index (χ4n) is 3.04. The van der Waals surface area contributed by atoms with Crippen LogP contribution in [0.3, 0.4) is 0 Å². The van der Waals surface area contributed by atoms with Crippen LogP contribution in [0.15, 0.2) is 72.8 Å². The second kappa shape index (κ2) is 8.77. The van der Waals surface area contributed by atoms with E-state index in [-0.39, 0.29) is 0 Å². The Morgan fingerprint density at radius 2 is 1.20 bits per heavy atom. The van der Waals surface area contributed by atoms with E-state index in [0.717, 1.165) is 35.5 Å². The number of phenolic OH excluding ortho intramolecular Hbond substituents is 1. The van der Waals surface area contributed by atoms with Gasteiger partial charge in [0.1, 0.15) is 5.75 Å². The maximum Gasteiger partial charge on any atom is 0.122 e. The molecule has 0 fully saturated rings. The number of hydrogen-bond donors (Lipinski definition) is 1. The number of thioether (sulfide) groups is 1. The van der Waals surface area contributed by atoms with Crippen molar-refractivity contribution >= 4 is 11.8 Å². The van der Waals surface area contributed by atoms with Crippen molar-refractivity contribution in [3.05, 3.63) is 101 Å². The molecule has 0 spiro atoms. The zero-order valence-corrected chi connectivity index (χ0v) is 15.4. The molecule has 0 heterocycles. The Balaban J connectivity index is 1.93. The maximum atomic E-state index is 10.9. The summed E-state index contributed by atoms with van der Waals surface area (Å²) in [6.07, 6.45) is 1.53. The molecule has 0 atom stereocenters. The van der Waals surface area contributed by atoms with Gasteiger partial charge in [0.15, 0.2) is 0 Å². The third-order valence-corrected chi connectivity index (χ3v) is 5.22. The molecule has 0 saturated carbocycles. The summed E-state index contributed by atoms with van der Waals surface area (Å²) in [5, 5.41) is 10.9. The summed E-state index contributed by atoms with van der Waals surface area (Å²) >= 11 is 1.92. The molecular formula is C23H24OS.